The third-order valence-corrected chi connectivity index (χ3v) is 5.65. The van der Waals surface area contributed by atoms with E-state index in [9.17, 15) is 4.79 Å². The molecule has 3 nitrogen and oxygen atoms in total. The third-order valence-electron chi connectivity index (χ3n) is 5.65. The van der Waals surface area contributed by atoms with Gasteiger partial charge in [0.15, 0.2) is 0 Å². The van der Waals surface area contributed by atoms with E-state index in [1.165, 1.54) is 19.3 Å². The summed E-state index contributed by atoms with van der Waals surface area (Å²) in [4.78, 5) is 14.9. The average molecular weight is 294 g/mol. The molecule has 0 radical (unpaired) electrons. The molecular weight excluding hydrogens is 260 g/mol. The molecule has 2 fully saturated rings. The molecule has 3 heteroatoms. The van der Waals surface area contributed by atoms with Crippen molar-refractivity contribution in [3.63, 3.8) is 0 Å². The number of rotatable bonds is 6. The third kappa shape index (κ3) is 4.00. The fraction of sp³-hybridized carbons (Fsp3) is 0.944. The van der Waals surface area contributed by atoms with Gasteiger partial charge in [-0.05, 0) is 55.4 Å². The second-order valence-corrected chi connectivity index (χ2v) is 8.63. The van der Waals surface area contributed by atoms with E-state index in [1.807, 2.05) is 0 Å². The van der Waals surface area contributed by atoms with Gasteiger partial charge in [0.25, 0.3) is 0 Å². The van der Waals surface area contributed by atoms with Gasteiger partial charge in [0.1, 0.15) is 0 Å². The van der Waals surface area contributed by atoms with Gasteiger partial charge in [0, 0.05) is 19.0 Å². The summed E-state index contributed by atoms with van der Waals surface area (Å²) in [5, 5.41) is 0. The van der Waals surface area contributed by atoms with Crippen LogP contribution in [0.15, 0.2) is 0 Å². The number of fused-ring (bicyclic) bond motifs is 2. The number of nitrogens with two attached hydrogens (primary N) is 1. The van der Waals surface area contributed by atoms with E-state index in [1.54, 1.807) is 0 Å². The highest BCUT2D eigenvalue weighted by Crippen LogP contribution is 2.52. The lowest BCUT2D eigenvalue weighted by atomic mass is 9.65. The lowest BCUT2D eigenvalue weighted by Crippen LogP contribution is -2.37. The molecule has 21 heavy (non-hydrogen) atoms. The summed E-state index contributed by atoms with van der Waals surface area (Å²) < 4.78 is 0. The first-order chi connectivity index (χ1) is 9.78. The Labute approximate surface area is 130 Å². The quantitative estimate of drug-likeness (QED) is 0.814. The normalized spacial score (nSPS) is 32.2. The van der Waals surface area contributed by atoms with Crippen LogP contribution in [0.2, 0.25) is 0 Å². The van der Waals surface area contributed by atoms with Crippen molar-refractivity contribution in [2.75, 3.05) is 13.1 Å². The maximum absolute atomic E-state index is 12.7. The van der Waals surface area contributed by atoms with Crippen molar-refractivity contribution in [1.29, 1.82) is 0 Å². The van der Waals surface area contributed by atoms with E-state index >= 15 is 0 Å². The molecule has 3 unspecified atom stereocenters. The van der Waals surface area contributed by atoms with Crippen molar-refractivity contribution in [2.45, 2.75) is 78.7 Å². The lowest BCUT2D eigenvalue weighted by molar-refractivity contribution is -0.132. The van der Waals surface area contributed by atoms with Crippen LogP contribution in [0.3, 0.4) is 0 Å². The van der Waals surface area contributed by atoms with Crippen molar-refractivity contribution >= 4 is 5.91 Å². The summed E-state index contributed by atoms with van der Waals surface area (Å²) in [7, 11) is 0. The predicted octanol–water partition coefficient (Wildman–Crippen LogP) is 3.57. The molecule has 2 aliphatic rings. The molecule has 0 spiro atoms. The smallest absolute Gasteiger partial charge is 0.222 e. The molecule has 2 bridgehead atoms. The van der Waals surface area contributed by atoms with E-state index in [0.717, 1.165) is 32.4 Å². The molecule has 1 aliphatic carbocycles. The molecule has 122 valence electrons. The summed E-state index contributed by atoms with van der Waals surface area (Å²) >= 11 is 0. The van der Waals surface area contributed by atoms with Gasteiger partial charge in [0.2, 0.25) is 5.91 Å². The van der Waals surface area contributed by atoms with Gasteiger partial charge >= 0.3 is 0 Å². The Kier molecular flexibility index (Phi) is 5.02. The summed E-state index contributed by atoms with van der Waals surface area (Å²) in [5.74, 6) is 1.00. The van der Waals surface area contributed by atoms with Gasteiger partial charge in [-0.1, -0.05) is 34.1 Å². The maximum Gasteiger partial charge on any atom is 0.222 e. The van der Waals surface area contributed by atoms with Crippen LogP contribution in [0.5, 0.6) is 0 Å². The minimum Gasteiger partial charge on any atom is -0.339 e. The summed E-state index contributed by atoms with van der Waals surface area (Å²) in [6, 6.07) is 0.487. The average Bonchev–Trinajstić information content (AvgIpc) is 2.63. The van der Waals surface area contributed by atoms with Gasteiger partial charge in [-0.3, -0.25) is 4.79 Å². The predicted molar refractivity (Wildman–Crippen MR) is 87.9 cm³/mol. The fourth-order valence-electron chi connectivity index (χ4n) is 5.01. The number of nitrogens with zero attached hydrogens (tertiary/aromatic N) is 1. The minimum atomic E-state index is 0.351. The van der Waals surface area contributed by atoms with E-state index in [0.29, 0.717) is 35.1 Å². The van der Waals surface area contributed by atoms with Gasteiger partial charge in [0.05, 0.1) is 0 Å². The van der Waals surface area contributed by atoms with Crippen molar-refractivity contribution in [2.24, 2.45) is 22.5 Å². The van der Waals surface area contributed by atoms with Crippen LogP contribution in [0.25, 0.3) is 0 Å². The SMILES string of the molecule is CCC(CCN)CCC(=O)N1CC2(C)CC1CC(C)(C)C2. The Morgan fingerprint density at radius 1 is 1.29 bits per heavy atom. The number of likely N-dealkylation sites (tertiary alicyclic amines) is 1. The number of amides is 1. The Hall–Kier alpha value is -0.570. The molecule has 2 N–H and O–H groups in total. The summed E-state index contributed by atoms with van der Waals surface area (Å²) in [6.45, 7) is 11.0. The number of carbonyl (C=O) groups is 1. The lowest BCUT2D eigenvalue weighted by Gasteiger charge is -2.39. The van der Waals surface area contributed by atoms with Crippen LogP contribution in [0.4, 0.5) is 0 Å². The van der Waals surface area contributed by atoms with Crippen molar-refractivity contribution in [3.05, 3.63) is 0 Å². The first kappa shape index (κ1) is 16.8. The Bertz CT molecular complexity index is 379. The topological polar surface area (TPSA) is 46.3 Å². The van der Waals surface area contributed by atoms with Crippen LogP contribution in [0.1, 0.15) is 72.6 Å². The highest BCUT2D eigenvalue weighted by molar-refractivity contribution is 5.77. The second kappa shape index (κ2) is 6.28. The molecule has 0 aromatic heterocycles. The zero-order chi connectivity index (χ0) is 15.7. The van der Waals surface area contributed by atoms with Gasteiger partial charge in [-0.2, -0.15) is 0 Å². The molecule has 1 saturated carbocycles. The van der Waals surface area contributed by atoms with E-state index in [4.69, 9.17) is 5.73 Å². The van der Waals surface area contributed by atoms with Gasteiger partial charge < -0.3 is 10.6 Å². The number of carbonyl (C=O) groups excluding carboxylic acids is 1. The molecule has 1 aliphatic heterocycles. The monoisotopic (exact) mass is 294 g/mol. The standard InChI is InChI=1S/C18H34N2O/c1-5-14(8-9-19)6-7-16(21)20-13-18(4)11-15(20)10-17(2,3)12-18/h14-15H,5-13,19H2,1-4H3. The van der Waals surface area contributed by atoms with Crippen LogP contribution >= 0.6 is 0 Å². The van der Waals surface area contributed by atoms with Crippen LogP contribution in [-0.4, -0.2) is 29.9 Å². The van der Waals surface area contributed by atoms with Crippen LogP contribution in [-0.2, 0) is 4.79 Å². The molecule has 3 atom stereocenters. The highest BCUT2D eigenvalue weighted by Gasteiger charge is 2.50. The Morgan fingerprint density at radius 2 is 2.00 bits per heavy atom. The molecule has 1 saturated heterocycles. The molecule has 1 heterocycles. The second-order valence-electron chi connectivity index (χ2n) is 8.63. The zero-order valence-corrected chi connectivity index (χ0v) is 14.5. The Balaban J connectivity index is 1.92. The molecule has 1 amide bonds. The van der Waals surface area contributed by atoms with Crippen molar-refractivity contribution in [1.82, 2.24) is 4.90 Å². The summed E-state index contributed by atoms with van der Waals surface area (Å²) in [5.41, 5.74) is 6.39. The largest absolute Gasteiger partial charge is 0.339 e. The molecular formula is C18H34N2O. The first-order valence-electron chi connectivity index (χ1n) is 8.78. The molecule has 2 rings (SSSR count). The van der Waals surface area contributed by atoms with E-state index in [-0.39, 0.29) is 0 Å². The Morgan fingerprint density at radius 3 is 2.62 bits per heavy atom. The minimum absolute atomic E-state index is 0.351. The van der Waals surface area contributed by atoms with Crippen LogP contribution < -0.4 is 5.73 Å². The maximum atomic E-state index is 12.7. The molecule has 0 aromatic carbocycles. The highest BCUT2D eigenvalue weighted by atomic mass is 16.2. The number of hydrogen-bond acceptors (Lipinski definition) is 2. The fourth-order valence-corrected chi connectivity index (χ4v) is 5.01. The first-order valence-corrected chi connectivity index (χ1v) is 8.78. The van der Waals surface area contributed by atoms with Gasteiger partial charge in [-0.15, -0.1) is 0 Å². The zero-order valence-electron chi connectivity index (χ0n) is 14.5. The number of hydrogen-bond donors (Lipinski definition) is 1. The van der Waals surface area contributed by atoms with Crippen molar-refractivity contribution in [3.8, 4) is 0 Å². The van der Waals surface area contributed by atoms with Crippen molar-refractivity contribution < 1.29 is 4.79 Å². The van der Waals surface area contributed by atoms with Gasteiger partial charge in [-0.25, -0.2) is 0 Å². The van der Waals surface area contributed by atoms with E-state index < -0.39 is 0 Å². The summed E-state index contributed by atoms with van der Waals surface area (Å²) in [6.07, 6.45) is 7.56. The van der Waals surface area contributed by atoms with E-state index in [2.05, 4.69) is 32.6 Å². The molecule has 0 aromatic rings. The van der Waals surface area contributed by atoms with Crippen LogP contribution in [0, 0.1) is 16.7 Å².